The zero-order chi connectivity index (χ0) is 11.3. The van der Waals surface area contributed by atoms with E-state index in [-0.39, 0.29) is 11.2 Å². The summed E-state index contributed by atoms with van der Waals surface area (Å²) in [6.07, 6.45) is 6.54. The first-order valence-corrected chi connectivity index (χ1v) is 6.80. The van der Waals surface area contributed by atoms with Gasteiger partial charge in [0.1, 0.15) is 0 Å². The van der Waals surface area contributed by atoms with E-state index in [1.807, 2.05) is 0 Å². The van der Waals surface area contributed by atoms with E-state index in [1.165, 1.54) is 24.8 Å². The molecule has 0 N–H and O–H groups in total. The van der Waals surface area contributed by atoms with Crippen molar-refractivity contribution in [1.82, 2.24) is 0 Å². The van der Waals surface area contributed by atoms with Crippen LogP contribution >= 0.6 is 0 Å². The highest BCUT2D eigenvalue weighted by Crippen LogP contribution is 2.79. The van der Waals surface area contributed by atoms with E-state index in [0.29, 0.717) is 5.41 Å². The Kier molecular flexibility index (Phi) is 1.39. The fraction of sp³-hybridized carbons (Fsp3) is 0.867. The maximum Gasteiger partial charge on any atom is 0.0969 e. The molecule has 1 spiro atoms. The van der Waals surface area contributed by atoms with Crippen LogP contribution in [0.25, 0.3) is 0 Å². The molecule has 5 atom stereocenters. The van der Waals surface area contributed by atoms with E-state index in [4.69, 9.17) is 4.74 Å². The molecule has 88 valence electrons. The van der Waals surface area contributed by atoms with Crippen LogP contribution in [0, 0.1) is 23.2 Å². The van der Waals surface area contributed by atoms with Crippen molar-refractivity contribution in [2.75, 3.05) is 0 Å². The molecule has 0 amide bonds. The van der Waals surface area contributed by atoms with Gasteiger partial charge in [-0.3, -0.25) is 0 Å². The second-order valence-corrected chi connectivity index (χ2v) is 7.30. The summed E-state index contributed by atoms with van der Waals surface area (Å²) in [6, 6.07) is 0. The summed E-state index contributed by atoms with van der Waals surface area (Å²) in [4.78, 5) is 0. The Hall–Kier alpha value is -0.300. The van der Waals surface area contributed by atoms with Gasteiger partial charge in [0, 0.05) is 11.8 Å². The third kappa shape index (κ3) is 0.687. The number of rotatable bonds is 0. The normalized spacial score (nSPS) is 60.2. The summed E-state index contributed by atoms with van der Waals surface area (Å²) in [5.74, 6) is 2.41. The molecule has 1 heteroatoms. The van der Waals surface area contributed by atoms with Crippen LogP contribution in [0.2, 0.25) is 0 Å². The third-order valence-electron chi connectivity index (χ3n) is 6.48. The quantitative estimate of drug-likeness (QED) is 0.565. The molecule has 1 nitrogen and oxygen atoms in total. The van der Waals surface area contributed by atoms with E-state index in [1.54, 1.807) is 0 Å². The summed E-state index contributed by atoms with van der Waals surface area (Å²) < 4.78 is 6.60. The molecule has 1 aliphatic heterocycles. The molecule has 3 fully saturated rings. The predicted molar refractivity (Wildman–Crippen MR) is 64.1 cm³/mol. The second-order valence-electron chi connectivity index (χ2n) is 7.30. The van der Waals surface area contributed by atoms with Crippen LogP contribution < -0.4 is 0 Å². The van der Waals surface area contributed by atoms with Crippen molar-refractivity contribution in [3.63, 3.8) is 0 Å². The highest BCUT2D eigenvalue weighted by atomic mass is 16.5. The first-order chi connectivity index (χ1) is 7.43. The minimum Gasteiger partial charge on any atom is -0.364 e. The Bertz CT molecular complexity index is 408. The van der Waals surface area contributed by atoms with Gasteiger partial charge in [-0.05, 0) is 56.9 Å². The molecule has 2 saturated carbocycles. The van der Waals surface area contributed by atoms with Crippen molar-refractivity contribution >= 4 is 0 Å². The van der Waals surface area contributed by atoms with Crippen molar-refractivity contribution in [2.45, 2.75) is 58.2 Å². The van der Waals surface area contributed by atoms with Gasteiger partial charge in [-0.15, -0.1) is 0 Å². The molecular weight excluding hydrogens is 196 g/mol. The molecule has 4 rings (SSSR count). The van der Waals surface area contributed by atoms with Gasteiger partial charge in [0.15, 0.2) is 0 Å². The van der Waals surface area contributed by atoms with Gasteiger partial charge in [0.05, 0.1) is 11.2 Å². The largest absolute Gasteiger partial charge is 0.364 e. The van der Waals surface area contributed by atoms with Crippen LogP contribution in [0.3, 0.4) is 0 Å². The Morgan fingerprint density at radius 3 is 2.81 bits per heavy atom. The summed E-state index contributed by atoms with van der Waals surface area (Å²) in [7, 11) is 0. The van der Waals surface area contributed by atoms with Crippen LogP contribution in [0.5, 0.6) is 0 Å². The Morgan fingerprint density at radius 2 is 2.06 bits per heavy atom. The molecule has 0 radical (unpaired) electrons. The van der Waals surface area contributed by atoms with Gasteiger partial charge >= 0.3 is 0 Å². The fourth-order valence-electron chi connectivity index (χ4n) is 5.93. The smallest absolute Gasteiger partial charge is 0.0969 e. The predicted octanol–water partition coefficient (Wildman–Crippen LogP) is 3.55. The van der Waals surface area contributed by atoms with Crippen LogP contribution in [0.15, 0.2) is 11.6 Å². The van der Waals surface area contributed by atoms with Gasteiger partial charge in [0.25, 0.3) is 0 Å². The highest BCUT2D eigenvalue weighted by molar-refractivity contribution is 5.41. The molecule has 0 aromatic heterocycles. The molecule has 1 heterocycles. The molecule has 0 aromatic rings. The minimum atomic E-state index is 0.108. The monoisotopic (exact) mass is 218 g/mol. The lowest BCUT2D eigenvalue weighted by Gasteiger charge is -2.61. The third-order valence-corrected chi connectivity index (χ3v) is 6.48. The number of fused-ring (bicyclic) bond motifs is 1. The summed E-state index contributed by atoms with van der Waals surface area (Å²) >= 11 is 0. The number of ether oxygens (including phenoxy) is 1. The first-order valence-electron chi connectivity index (χ1n) is 6.80. The Balaban J connectivity index is 1.91. The van der Waals surface area contributed by atoms with Crippen LogP contribution in [-0.2, 0) is 4.74 Å². The van der Waals surface area contributed by atoms with Crippen molar-refractivity contribution < 1.29 is 4.74 Å². The van der Waals surface area contributed by atoms with E-state index >= 15 is 0 Å². The maximum atomic E-state index is 6.60. The first kappa shape index (κ1) is 9.70. The van der Waals surface area contributed by atoms with Gasteiger partial charge < -0.3 is 4.74 Å². The van der Waals surface area contributed by atoms with E-state index in [2.05, 4.69) is 33.8 Å². The van der Waals surface area contributed by atoms with Crippen LogP contribution in [0.4, 0.5) is 0 Å². The van der Waals surface area contributed by atoms with Gasteiger partial charge in [0.2, 0.25) is 0 Å². The molecule has 0 bridgehead atoms. The van der Waals surface area contributed by atoms with E-state index in [0.717, 1.165) is 17.8 Å². The van der Waals surface area contributed by atoms with Gasteiger partial charge in [-0.25, -0.2) is 0 Å². The lowest BCUT2D eigenvalue weighted by atomic mass is 9.45. The second kappa shape index (κ2) is 2.29. The van der Waals surface area contributed by atoms with Gasteiger partial charge in [-0.1, -0.05) is 13.0 Å². The Morgan fingerprint density at radius 1 is 1.31 bits per heavy atom. The lowest BCUT2D eigenvalue weighted by molar-refractivity contribution is -0.212. The topological polar surface area (TPSA) is 9.23 Å². The van der Waals surface area contributed by atoms with Crippen LogP contribution in [0.1, 0.15) is 47.0 Å². The van der Waals surface area contributed by atoms with Gasteiger partial charge in [-0.2, -0.15) is 0 Å². The molecule has 16 heavy (non-hydrogen) atoms. The average molecular weight is 218 g/mol. The SMILES string of the molecule is CC1=CC[C@H]2[C@]3(C)CC[C@H]4[C@@H]3[C@@]12OC4(C)C. The molecule has 4 aliphatic rings. The molecule has 3 aliphatic carbocycles. The summed E-state index contributed by atoms with van der Waals surface area (Å²) in [6.45, 7) is 9.46. The number of allylic oxidation sites excluding steroid dienone is 1. The molecule has 0 unspecified atom stereocenters. The number of hydrogen-bond donors (Lipinski definition) is 0. The average Bonchev–Trinajstić information content (AvgIpc) is 2.71. The standard InChI is InChI=1S/C15H22O/c1-9-5-6-11-14(4)8-7-10-12(14)15(9,11)16-13(10,2)3/h5,10-12H,6-8H2,1-4H3/t10-,11-,12-,14-,15+/m0/s1. The zero-order valence-electron chi connectivity index (χ0n) is 10.8. The van der Waals surface area contributed by atoms with Crippen molar-refractivity contribution in [1.29, 1.82) is 0 Å². The van der Waals surface area contributed by atoms with Crippen molar-refractivity contribution in [2.24, 2.45) is 23.2 Å². The number of hydrogen-bond acceptors (Lipinski definition) is 1. The summed E-state index contributed by atoms with van der Waals surface area (Å²) in [5, 5.41) is 0. The van der Waals surface area contributed by atoms with Crippen molar-refractivity contribution in [3.8, 4) is 0 Å². The fourth-order valence-corrected chi connectivity index (χ4v) is 5.93. The van der Waals surface area contributed by atoms with E-state index < -0.39 is 0 Å². The Labute approximate surface area is 98.2 Å². The molecule has 0 aromatic carbocycles. The summed E-state index contributed by atoms with van der Waals surface area (Å²) in [5.41, 5.74) is 2.40. The highest BCUT2D eigenvalue weighted by Gasteiger charge is 2.80. The van der Waals surface area contributed by atoms with E-state index in [9.17, 15) is 0 Å². The van der Waals surface area contributed by atoms with Crippen LogP contribution in [-0.4, -0.2) is 11.2 Å². The maximum absolute atomic E-state index is 6.60. The zero-order valence-corrected chi connectivity index (χ0v) is 10.8. The van der Waals surface area contributed by atoms with Crippen molar-refractivity contribution in [3.05, 3.63) is 11.6 Å². The molecule has 1 saturated heterocycles. The lowest BCUT2D eigenvalue weighted by Crippen LogP contribution is -2.64. The minimum absolute atomic E-state index is 0.108. The molecular formula is C15H22O.